The molecular weight excluding hydrogens is 280 g/mol. The van der Waals surface area contributed by atoms with E-state index in [0.717, 1.165) is 37.2 Å². The fourth-order valence-corrected chi connectivity index (χ4v) is 4.20. The van der Waals surface area contributed by atoms with Gasteiger partial charge in [0.15, 0.2) is 0 Å². The Labute approximate surface area is 132 Å². The Morgan fingerprint density at radius 2 is 2.24 bits per heavy atom. The molecule has 1 saturated heterocycles. The van der Waals surface area contributed by atoms with Crippen LogP contribution in [-0.2, 0) is 0 Å². The summed E-state index contributed by atoms with van der Waals surface area (Å²) in [6, 6.07) is 2.12. The van der Waals surface area contributed by atoms with Crippen LogP contribution in [0.4, 0.5) is 11.6 Å². The van der Waals surface area contributed by atoms with Crippen LogP contribution in [0, 0.1) is 5.92 Å². The number of hydrogen-bond acceptors (Lipinski definition) is 5. The molecule has 5 heteroatoms. The lowest BCUT2D eigenvalue weighted by atomic mass is 9.84. The van der Waals surface area contributed by atoms with Crippen molar-refractivity contribution in [2.75, 3.05) is 36.1 Å². The lowest BCUT2D eigenvalue weighted by molar-refractivity contribution is 0.379. The van der Waals surface area contributed by atoms with Gasteiger partial charge in [0, 0.05) is 30.4 Å². The van der Waals surface area contributed by atoms with Crippen molar-refractivity contribution in [1.82, 2.24) is 9.97 Å². The van der Waals surface area contributed by atoms with Crippen molar-refractivity contribution >= 4 is 23.4 Å². The standard InChI is InChI=1S/C16H26N4S/c1-13-5-3-8-20(10-13)15-9-14(18-12-19-15)17-11-16(21-2)6-4-7-16/h9,12-13H,3-8,10-11H2,1-2H3,(H,17,18,19). The lowest BCUT2D eigenvalue weighted by Crippen LogP contribution is -2.40. The van der Waals surface area contributed by atoms with Crippen molar-refractivity contribution in [3.63, 3.8) is 0 Å². The molecule has 1 saturated carbocycles. The Morgan fingerprint density at radius 3 is 2.90 bits per heavy atom. The maximum Gasteiger partial charge on any atom is 0.134 e. The van der Waals surface area contributed by atoms with Crippen molar-refractivity contribution in [3.8, 4) is 0 Å². The van der Waals surface area contributed by atoms with Crippen molar-refractivity contribution < 1.29 is 0 Å². The minimum absolute atomic E-state index is 0.435. The third-order valence-electron chi connectivity index (χ3n) is 4.92. The van der Waals surface area contributed by atoms with E-state index in [1.165, 1.54) is 32.1 Å². The summed E-state index contributed by atoms with van der Waals surface area (Å²) in [5, 5.41) is 3.53. The summed E-state index contributed by atoms with van der Waals surface area (Å²) in [7, 11) is 0. The summed E-state index contributed by atoms with van der Waals surface area (Å²) in [4.78, 5) is 11.3. The molecule has 0 aromatic carbocycles. The molecule has 3 rings (SSSR count). The second-order valence-electron chi connectivity index (χ2n) is 6.55. The lowest BCUT2D eigenvalue weighted by Gasteiger charge is -2.40. The maximum atomic E-state index is 4.47. The quantitative estimate of drug-likeness (QED) is 0.903. The van der Waals surface area contributed by atoms with Gasteiger partial charge in [-0.3, -0.25) is 0 Å². The largest absolute Gasteiger partial charge is 0.369 e. The van der Waals surface area contributed by atoms with Gasteiger partial charge in [-0.05, 0) is 37.9 Å². The highest BCUT2D eigenvalue weighted by Crippen LogP contribution is 2.42. The van der Waals surface area contributed by atoms with Crippen LogP contribution in [0.5, 0.6) is 0 Å². The molecule has 21 heavy (non-hydrogen) atoms. The molecule has 2 aliphatic rings. The summed E-state index contributed by atoms with van der Waals surface area (Å²) < 4.78 is 0.435. The first kappa shape index (κ1) is 14.9. The Bertz CT molecular complexity index is 470. The van der Waals surface area contributed by atoms with Crippen LogP contribution in [-0.4, -0.2) is 40.6 Å². The molecule has 0 spiro atoms. The topological polar surface area (TPSA) is 41.0 Å². The van der Waals surface area contributed by atoms with Gasteiger partial charge in [0.1, 0.15) is 18.0 Å². The molecule has 1 N–H and O–H groups in total. The van der Waals surface area contributed by atoms with Gasteiger partial charge in [0.05, 0.1) is 0 Å². The Hall–Kier alpha value is -0.970. The average molecular weight is 306 g/mol. The van der Waals surface area contributed by atoms with E-state index in [1.807, 2.05) is 11.8 Å². The minimum Gasteiger partial charge on any atom is -0.369 e. The van der Waals surface area contributed by atoms with E-state index in [1.54, 1.807) is 6.33 Å². The predicted octanol–water partition coefficient (Wildman–Crippen LogP) is 3.41. The Morgan fingerprint density at radius 1 is 1.38 bits per heavy atom. The van der Waals surface area contributed by atoms with Gasteiger partial charge in [0.25, 0.3) is 0 Å². The van der Waals surface area contributed by atoms with Gasteiger partial charge in [-0.1, -0.05) is 13.3 Å². The second kappa shape index (κ2) is 6.42. The zero-order valence-corrected chi connectivity index (χ0v) is 14.0. The Balaban J connectivity index is 1.63. The fourth-order valence-electron chi connectivity index (χ4n) is 3.29. The van der Waals surface area contributed by atoms with Crippen LogP contribution >= 0.6 is 11.8 Å². The van der Waals surface area contributed by atoms with Crippen molar-refractivity contribution in [2.45, 2.75) is 43.8 Å². The van der Waals surface area contributed by atoms with E-state index in [-0.39, 0.29) is 0 Å². The molecule has 1 unspecified atom stereocenters. The fraction of sp³-hybridized carbons (Fsp3) is 0.750. The molecule has 1 aromatic rings. The van der Waals surface area contributed by atoms with E-state index >= 15 is 0 Å². The molecule has 0 radical (unpaired) electrons. The van der Waals surface area contributed by atoms with E-state index in [9.17, 15) is 0 Å². The highest BCUT2D eigenvalue weighted by atomic mass is 32.2. The number of nitrogens with one attached hydrogen (secondary N) is 1. The summed E-state index contributed by atoms with van der Waals surface area (Å²) in [5.74, 6) is 2.81. The van der Waals surface area contributed by atoms with Gasteiger partial charge < -0.3 is 10.2 Å². The number of piperidine rings is 1. The summed E-state index contributed by atoms with van der Waals surface area (Å²) >= 11 is 1.99. The summed E-state index contributed by atoms with van der Waals surface area (Å²) in [6.45, 7) is 5.58. The maximum absolute atomic E-state index is 4.47. The number of aromatic nitrogens is 2. The zero-order chi connectivity index (χ0) is 14.7. The monoisotopic (exact) mass is 306 g/mol. The number of rotatable bonds is 5. The van der Waals surface area contributed by atoms with Crippen LogP contribution in [0.3, 0.4) is 0 Å². The van der Waals surface area contributed by atoms with Gasteiger partial charge >= 0.3 is 0 Å². The second-order valence-corrected chi connectivity index (χ2v) is 7.82. The highest BCUT2D eigenvalue weighted by molar-refractivity contribution is 8.00. The number of hydrogen-bond donors (Lipinski definition) is 1. The van der Waals surface area contributed by atoms with Gasteiger partial charge in [-0.15, -0.1) is 0 Å². The molecule has 0 amide bonds. The average Bonchev–Trinajstić information content (AvgIpc) is 2.47. The van der Waals surface area contributed by atoms with E-state index in [2.05, 4.69) is 39.4 Å². The van der Waals surface area contributed by atoms with Crippen LogP contribution in [0.25, 0.3) is 0 Å². The van der Waals surface area contributed by atoms with Crippen LogP contribution in [0.2, 0.25) is 0 Å². The van der Waals surface area contributed by atoms with Crippen LogP contribution in [0.1, 0.15) is 39.0 Å². The molecule has 4 nitrogen and oxygen atoms in total. The van der Waals surface area contributed by atoms with Crippen molar-refractivity contribution in [1.29, 1.82) is 0 Å². The summed E-state index contributed by atoms with van der Waals surface area (Å²) in [5.41, 5.74) is 0. The first-order chi connectivity index (χ1) is 10.2. The van der Waals surface area contributed by atoms with Crippen molar-refractivity contribution in [3.05, 3.63) is 12.4 Å². The predicted molar refractivity (Wildman–Crippen MR) is 91.2 cm³/mol. The molecule has 1 aliphatic heterocycles. The van der Waals surface area contributed by atoms with Crippen LogP contribution in [0.15, 0.2) is 12.4 Å². The smallest absolute Gasteiger partial charge is 0.134 e. The molecular formula is C16H26N4S. The van der Waals surface area contributed by atoms with Gasteiger partial charge in [-0.25, -0.2) is 9.97 Å². The van der Waals surface area contributed by atoms with Crippen LogP contribution < -0.4 is 10.2 Å². The highest BCUT2D eigenvalue weighted by Gasteiger charge is 2.35. The summed E-state index contributed by atoms with van der Waals surface area (Å²) in [6.07, 6.45) is 10.5. The van der Waals surface area contributed by atoms with Gasteiger partial charge in [0.2, 0.25) is 0 Å². The van der Waals surface area contributed by atoms with E-state index < -0.39 is 0 Å². The normalized spacial score (nSPS) is 24.5. The molecule has 2 heterocycles. The van der Waals surface area contributed by atoms with Gasteiger partial charge in [-0.2, -0.15) is 11.8 Å². The van der Waals surface area contributed by atoms with E-state index in [0.29, 0.717) is 4.75 Å². The SMILES string of the molecule is CSC1(CNc2cc(N3CCCC(C)C3)ncn2)CCC1. The number of nitrogens with zero attached hydrogens (tertiary/aromatic N) is 3. The third-order valence-corrected chi connectivity index (χ3v) is 6.34. The third kappa shape index (κ3) is 3.44. The molecule has 1 aliphatic carbocycles. The first-order valence-electron chi connectivity index (χ1n) is 8.07. The molecule has 1 aromatic heterocycles. The Kier molecular flexibility index (Phi) is 4.57. The molecule has 0 bridgehead atoms. The zero-order valence-electron chi connectivity index (χ0n) is 13.1. The minimum atomic E-state index is 0.435. The number of anilines is 2. The van der Waals surface area contributed by atoms with Crippen molar-refractivity contribution in [2.24, 2.45) is 5.92 Å². The molecule has 1 atom stereocenters. The van der Waals surface area contributed by atoms with E-state index in [4.69, 9.17) is 0 Å². The number of thioether (sulfide) groups is 1. The molecule has 2 fully saturated rings. The first-order valence-corrected chi connectivity index (χ1v) is 9.29. The molecule has 116 valence electrons.